The summed E-state index contributed by atoms with van der Waals surface area (Å²) in [5, 5.41) is 0. The smallest absolute Gasteiger partial charge is 0.338 e. The van der Waals surface area contributed by atoms with Gasteiger partial charge in [-0.15, -0.1) is 0 Å². The molecule has 2 aromatic rings. The van der Waals surface area contributed by atoms with E-state index in [0.717, 1.165) is 38.7 Å². The summed E-state index contributed by atoms with van der Waals surface area (Å²) in [5.74, 6) is -0.247. The van der Waals surface area contributed by atoms with E-state index in [2.05, 4.69) is 27.3 Å². The van der Waals surface area contributed by atoms with Crippen LogP contribution < -0.4 is 0 Å². The van der Waals surface area contributed by atoms with Gasteiger partial charge in [0.15, 0.2) is 0 Å². The van der Waals surface area contributed by atoms with Crippen LogP contribution in [-0.2, 0) is 44.7 Å². The van der Waals surface area contributed by atoms with Gasteiger partial charge in [-0.1, -0.05) is 33.8 Å². The number of esters is 2. The fourth-order valence-electron chi connectivity index (χ4n) is 4.44. The highest BCUT2D eigenvalue weighted by atomic mass is 127. The third kappa shape index (κ3) is 5.82. The first-order valence-electron chi connectivity index (χ1n) is 11.5. The minimum Gasteiger partial charge on any atom is -0.465 e. The molecule has 0 fully saturated rings. The summed E-state index contributed by atoms with van der Waals surface area (Å²) < 4.78 is 10.3. The molecule has 186 valence electrons. The number of rotatable bonds is 2. The summed E-state index contributed by atoms with van der Waals surface area (Å²) in [6, 6.07) is 9.26. The number of hydrogen-bond acceptors (Lipinski definition) is 6. The monoisotopic (exact) mass is 590 g/mol. The summed E-state index contributed by atoms with van der Waals surface area (Å²) in [5.41, 5.74) is 4.70. The highest BCUT2D eigenvalue weighted by molar-refractivity contribution is 14.1. The van der Waals surface area contributed by atoms with Crippen molar-refractivity contribution in [1.82, 2.24) is 0 Å². The number of ether oxygens (including phenoxy) is 2. The number of carbonyl (C=O) groups is 4. The van der Waals surface area contributed by atoms with E-state index in [1.54, 1.807) is 18.2 Å². The van der Waals surface area contributed by atoms with E-state index in [-0.39, 0.29) is 34.3 Å². The van der Waals surface area contributed by atoms with Crippen molar-refractivity contribution in [2.75, 3.05) is 14.2 Å². The number of ketones is 2. The minimum absolute atomic E-state index is 0.229. The van der Waals surface area contributed by atoms with E-state index >= 15 is 0 Å². The Morgan fingerprint density at radius 3 is 1.80 bits per heavy atom. The van der Waals surface area contributed by atoms with Crippen molar-refractivity contribution in [3.63, 3.8) is 0 Å². The quantitative estimate of drug-likeness (QED) is 0.364. The predicted molar refractivity (Wildman–Crippen MR) is 141 cm³/mol. The van der Waals surface area contributed by atoms with Gasteiger partial charge < -0.3 is 9.47 Å². The molecule has 0 amide bonds. The van der Waals surface area contributed by atoms with E-state index in [1.807, 2.05) is 39.8 Å². The van der Waals surface area contributed by atoms with Crippen LogP contribution in [0.2, 0.25) is 0 Å². The molecule has 0 spiro atoms. The van der Waals surface area contributed by atoms with Crippen LogP contribution in [0.4, 0.5) is 0 Å². The van der Waals surface area contributed by atoms with Crippen LogP contribution >= 0.6 is 22.6 Å². The zero-order valence-electron chi connectivity index (χ0n) is 21.0. The number of halogens is 1. The molecule has 35 heavy (non-hydrogen) atoms. The molecule has 0 bridgehead atoms. The second-order valence-corrected chi connectivity index (χ2v) is 11.6. The van der Waals surface area contributed by atoms with Crippen LogP contribution in [0.3, 0.4) is 0 Å². The second-order valence-electron chi connectivity index (χ2n) is 10.4. The molecule has 0 unspecified atom stereocenters. The maximum absolute atomic E-state index is 12.0. The first-order chi connectivity index (χ1) is 16.3. The number of hydrogen-bond donors (Lipinski definition) is 0. The molecule has 0 atom stereocenters. The Morgan fingerprint density at radius 1 is 0.743 bits per heavy atom. The minimum atomic E-state index is -0.356. The van der Waals surface area contributed by atoms with Crippen LogP contribution in [0, 0.1) is 14.4 Å². The van der Waals surface area contributed by atoms with Gasteiger partial charge in [0.05, 0.1) is 25.3 Å². The third-order valence-corrected chi connectivity index (χ3v) is 7.69. The molecule has 0 saturated heterocycles. The van der Waals surface area contributed by atoms with Gasteiger partial charge in [0.2, 0.25) is 0 Å². The largest absolute Gasteiger partial charge is 0.465 e. The van der Waals surface area contributed by atoms with Crippen LogP contribution in [0.5, 0.6) is 0 Å². The second kappa shape index (κ2) is 10.2. The van der Waals surface area contributed by atoms with E-state index in [4.69, 9.17) is 4.74 Å². The Morgan fingerprint density at radius 2 is 1.26 bits per heavy atom. The van der Waals surface area contributed by atoms with Crippen LogP contribution in [0.1, 0.15) is 70.7 Å². The maximum atomic E-state index is 12.0. The van der Waals surface area contributed by atoms with Gasteiger partial charge in [0, 0.05) is 27.2 Å². The van der Waals surface area contributed by atoms with E-state index in [0.29, 0.717) is 24.0 Å². The Hall–Kier alpha value is -2.55. The number of Topliss-reactive ketones (excluding diaryl/α,β-unsaturated/α-hetero) is 2. The van der Waals surface area contributed by atoms with Crippen molar-refractivity contribution >= 4 is 46.1 Å². The SMILES string of the molecule is COC(=O)c1cc2c(cc1I)CC(C)(C)C(=O)C2.COC(=O)c1ccc2c(c1)CC(=O)C(C)(C)C2. The fraction of sp³-hybridized carbons (Fsp3) is 0.429. The van der Waals surface area contributed by atoms with Gasteiger partial charge >= 0.3 is 11.9 Å². The van der Waals surface area contributed by atoms with Gasteiger partial charge in [0.1, 0.15) is 11.6 Å². The molecule has 0 N–H and O–H groups in total. The first kappa shape index (κ1) is 27.0. The molecule has 7 heteroatoms. The van der Waals surface area contributed by atoms with Gasteiger partial charge in [-0.05, 0) is 82.0 Å². The first-order valence-corrected chi connectivity index (χ1v) is 12.5. The van der Waals surface area contributed by atoms with Gasteiger partial charge in [-0.2, -0.15) is 0 Å². The molecule has 6 nitrogen and oxygen atoms in total. The standard InChI is InChI=1S/C14H15IO3.C14H16O3/c1-14(2)7-9-5-11(15)10(13(17)18-3)4-8(9)6-12(14)16;1-14(2)8-10-5-4-9(13(16)17-3)6-11(10)7-12(14)15/h4-5H,6-7H2,1-3H3;4-6H,7-8H2,1-3H3. The zero-order valence-corrected chi connectivity index (χ0v) is 23.2. The summed E-state index contributed by atoms with van der Waals surface area (Å²) in [6.07, 6.45) is 2.29. The fourth-order valence-corrected chi connectivity index (χ4v) is 5.19. The van der Waals surface area contributed by atoms with Crippen LogP contribution in [0.15, 0.2) is 30.3 Å². The molecular weight excluding hydrogens is 559 g/mol. The average Bonchev–Trinajstić information content (AvgIpc) is 2.79. The molecule has 0 aliphatic heterocycles. The van der Waals surface area contributed by atoms with E-state index in [1.165, 1.54) is 14.2 Å². The Kier molecular flexibility index (Phi) is 7.89. The normalized spacial score (nSPS) is 17.3. The van der Waals surface area contributed by atoms with E-state index < -0.39 is 0 Å². The van der Waals surface area contributed by atoms with Gasteiger partial charge in [-0.3, -0.25) is 9.59 Å². The summed E-state index contributed by atoms with van der Waals surface area (Å²) >= 11 is 2.14. The summed E-state index contributed by atoms with van der Waals surface area (Å²) in [6.45, 7) is 7.87. The highest BCUT2D eigenvalue weighted by Crippen LogP contribution is 2.34. The number of carbonyl (C=O) groups excluding carboxylic acids is 4. The van der Waals surface area contributed by atoms with Crippen molar-refractivity contribution in [2.24, 2.45) is 10.8 Å². The van der Waals surface area contributed by atoms with Crippen LogP contribution in [-0.4, -0.2) is 37.7 Å². The van der Waals surface area contributed by atoms with Crippen LogP contribution in [0.25, 0.3) is 0 Å². The number of methoxy groups -OCH3 is 2. The maximum Gasteiger partial charge on any atom is 0.338 e. The van der Waals surface area contributed by atoms with Crippen molar-refractivity contribution in [3.8, 4) is 0 Å². The molecule has 0 radical (unpaired) electrons. The molecule has 2 aromatic carbocycles. The molecular formula is C28H31IO6. The lowest BCUT2D eigenvalue weighted by Gasteiger charge is -2.30. The molecule has 0 aromatic heterocycles. The van der Waals surface area contributed by atoms with Crippen molar-refractivity contribution in [1.29, 1.82) is 0 Å². The number of fused-ring (bicyclic) bond motifs is 2. The summed E-state index contributed by atoms with van der Waals surface area (Å²) in [7, 11) is 2.72. The topological polar surface area (TPSA) is 86.7 Å². The van der Waals surface area contributed by atoms with Gasteiger partial charge in [0.25, 0.3) is 0 Å². The molecule has 2 aliphatic carbocycles. The third-order valence-electron chi connectivity index (χ3n) is 6.80. The Balaban J connectivity index is 0.000000196. The lowest BCUT2D eigenvalue weighted by Crippen LogP contribution is -2.33. The van der Waals surface area contributed by atoms with Crippen molar-refractivity contribution < 1.29 is 28.7 Å². The predicted octanol–water partition coefficient (Wildman–Crippen LogP) is 4.94. The average molecular weight is 590 g/mol. The Bertz CT molecular complexity index is 1210. The van der Waals surface area contributed by atoms with Crippen molar-refractivity contribution in [3.05, 3.63) is 67.3 Å². The molecule has 0 saturated carbocycles. The Labute approximate surface area is 219 Å². The van der Waals surface area contributed by atoms with E-state index in [9.17, 15) is 19.2 Å². The lowest BCUT2D eigenvalue weighted by atomic mass is 9.73. The highest BCUT2D eigenvalue weighted by Gasteiger charge is 2.34. The van der Waals surface area contributed by atoms with Crippen molar-refractivity contribution in [2.45, 2.75) is 53.4 Å². The zero-order chi connectivity index (χ0) is 26.1. The number of benzene rings is 2. The lowest BCUT2D eigenvalue weighted by molar-refractivity contribution is -0.127. The molecule has 4 rings (SSSR count). The molecule has 0 heterocycles. The molecule has 2 aliphatic rings. The summed E-state index contributed by atoms with van der Waals surface area (Å²) in [4.78, 5) is 46.9. The van der Waals surface area contributed by atoms with Gasteiger partial charge in [-0.25, -0.2) is 9.59 Å².